The van der Waals surface area contributed by atoms with Gasteiger partial charge in [0.05, 0.1) is 10.6 Å². The second-order valence-corrected chi connectivity index (χ2v) is 8.41. The number of hydrazone groups is 1. The molecule has 1 atom stereocenters. The molecule has 1 aromatic carbocycles. The van der Waals surface area contributed by atoms with Gasteiger partial charge >= 0.3 is 0 Å². The van der Waals surface area contributed by atoms with Crippen LogP contribution in [0.25, 0.3) is 0 Å². The highest BCUT2D eigenvalue weighted by Crippen LogP contribution is 2.32. The van der Waals surface area contributed by atoms with E-state index in [9.17, 15) is 4.79 Å². The summed E-state index contributed by atoms with van der Waals surface area (Å²) in [7, 11) is 0. The first kappa shape index (κ1) is 16.5. The van der Waals surface area contributed by atoms with Gasteiger partial charge in [0.25, 0.3) is 5.91 Å². The highest BCUT2D eigenvalue weighted by atomic mass is 32.1. The Bertz CT molecular complexity index is 821. The number of carbonyl (C=O) groups is 1. The Labute approximate surface area is 153 Å². The average molecular weight is 353 g/mol. The normalized spacial score (nSPS) is 21.3. The predicted octanol–water partition coefficient (Wildman–Crippen LogP) is 4.73. The minimum atomic E-state index is -0.0683. The fourth-order valence-electron chi connectivity index (χ4n) is 3.87. The molecule has 0 saturated heterocycles. The summed E-state index contributed by atoms with van der Waals surface area (Å²) in [6.45, 7) is 2.29. The van der Waals surface area contributed by atoms with Crippen molar-refractivity contribution < 1.29 is 4.79 Å². The SMILES string of the molecule is C[C@@H]1CCc2sc(C(=O)N/N=C3/CCCCc4ccccc43)cc2C1. The van der Waals surface area contributed by atoms with Gasteiger partial charge in [0.1, 0.15) is 0 Å². The molecule has 0 spiro atoms. The van der Waals surface area contributed by atoms with Crippen LogP contribution in [0.2, 0.25) is 0 Å². The summed E-state index contributed by atoms with van der Waals surface area (Å²) in [5.74, 6) is 0.655. The number of thiophene rings is 1. The van der Waals surface area contributed by atoms with E-state index in [1.807, 2.05) is 0 Å². The molecule has 2 aliphatic carbocycles. The van der Waals surface area contributed by atoms with Gasteiger partial charge in [-0.15, -0.1) is 11.3 Å². The molecule has 0 aliphatic heterocycles. The Morgan fingerprint density at radius 3 is 2.92 bits per heavy atom. The summed E-state index contributed by atoms with van der Waals surface area (Å²) < 4.78 is 0. The molecule has 130 valence electrons. The van der Waals surface area contributed by atoms with E-state index in [0.29, 0.717) is 0 Å². The molecule has 1 aromatic heterocycles. The lowest BCUT2D eigenvalue weighted by molar-refractivity contribution is 0.0958. The number of rotatable bonds is 2. The highest BCUT2D eigenvalue weighted by molar-refractivity contribution is 7.14. The lowest BCUT2D eigenvalue weighted by Gasteiger charge is -2.16. The molecule has 3 nitrogen and oxygen atoms in total. The standard InChI is InChI=1S/C21H24N2OS/c1-14-10-11-19-16(12-14)13-20(25-19)21(24)23-22-18-9-5-3-7-15-6-2-4-8-17(15)18/h2,4,6,8,13-14H,3,5,7,9-12H2,1H3,(H,23,24)/b22-18-/t14-/m1/s1. The Morgan fingerprint density at radius 1 is 1.16 bits per heavy atom. The topological polar surface area (TPSA) is 41.5 Å². The number of hydrogen-bond donors (Lipinski definition) is 1. The lowest BCUT2D eigenvalue weighted by Crippen LogP contribution is -2.19. The first-order valence-corrected chi connectivity index (χ1v) is 10.1. The van der Waals surface area contributed by atoms with Gasteiger partial charge in [-0.25, -0.2) is 5.43 Å². The molecule has 1 heterocycles. The van der Waals surface area contributed by atoms with Crippen molar-refractivity contribution in [1.82, 2.24) is 5.43 Å². The Hall–Kier alpha value is -1.94. The van der Waals surface area contributed by atoms with Crippen molar-refractivity contribution in [3.63, 3.8) is 0 Å². The second-order valence-electron chi connectivity index (χ2n) is 7.27. The molecule has 2 aromatic rings. The summed E-state index contributed by atoms with van der Waals surface area (Å²) in [5, 5.41) is 4.51. The number of aryl methyl sites for hydroxylation is 2. The third kappa shape index (κ3) is 3.54. The van der Waals surface area contributed by atoms with Gasteiger partial charge in [-0.1, -0.05) is 31.2 Å². The fraction of sp³-hybridized carbons (Fsp3) is 0.429. The third-order valence-corrected chi connectivity index (χ3v) is 6.52. The van der Waals surface area contributed by atoms with E-state index in [0.717, 1.165) is 48.6 Å². The number of carbonyl (C=O) groups excluding carboxylic acids is 1. The lowest BCUT2D eigenvalue weighted by atomic mass is 9.90. The van der Waals surface area contributed by atoms with E-state index in [-0.39, 0.29) is 5.91 Å². The Balaban J connectivity index is 1.53. The quantitative estimate of drug-likeness (QED) is 0.616. The smallest absolute Gasteiger partial charge is 0.266 e. The van der Waals surface area contributed by atoms with Gasteiger partial charge < -0.3 is 0 Å². The van der Waals surface area contributed by atoms with Crippen molar-refractivity contribution in [2.75, 3.05) is 0 Å². The summed E-state index contributed by atoms with van der Waals surface area (Å²) >= 11 is 1.64. The largest absolute Gasteiger partial charge is 0.281 e. The van der Waals surface area contributed by atoms with Gasteiger partial charge in [-0.3, -0.25) is 4.79 Å². The minimum Gasteiger partial charge on any atom is -0.266 e. The number of nitrogens with zero attached hydrogens (tertiary/aromatic N) is 1. The molecular formula is C21H24N2OS. The fourth-order valence-corrected chi connectivity index (χ4v) is 4.97. The van der Waals surface area contributed by atoms with Gasteiger partial charge in [0.15, 0.2) is 0 Å². The molecule has 2 aliphatic rings. The van der Waals surface area contributed by atoms with Crippen LogP contribution in [-0.4, -0.2) is 11.6 Å². The van der Waals surface area contributed by atoms with Crippen molar-refractivity contribution in [2.24, 2.45) is 11.0 Å². The molecule has 0 radical (unpaired) electrons. The van der Waals surface area contributed by atoms with Crippen LogP contribution in [0.3, 0.4) is 0 Å². The van der Waals surface area contributed by atoms with E-state index < -0.39 is 0 Å². The van der Waals surface area contributed by atoms with Crippen LogP contribution in [0.15, 0.2) is 35.4 Å². The van der Waals surface area contributed by atoms with Crippen molar-refractivity contribution in [2.45, 2.75) is 51.9 Å². The van der Waals surface area contributed by atoms with Gasteiger partial charge in [-0.2, -0.15) is 5.10 Å². The molecule has 0 unspecified atom stereocenters. The predicted molar refractivity (Wildman–Crippen MR) is 104 cm³/mol. The van der Waals surface area contributed by atoms with Gasteiger partial charge in [0.2, 0.25) is 0 Å². The van der Waals surface area contributed by atoms with Crippen LogP contribution in [0.1, 0.15) is 63.8 Å². The van der Waals surface area contributed by atoms with Crippen molar-refractivity contribution >= 4 is 23.0 Å². The van der Waals surface area contributed by atoms with Crippen LogP contribution in [0.4, 0.5) is 0 Å². The minimum absolute atomic E-state index is 0.0683. The van der Waals surface area contributed by atoms with Crippen molar-refractivity contribution in [3.05, 3.63) is 56.8 Å². The van der Waals surface area contributed by atoms with E-state index in [4.69, 9.17) is 0 Å². The molecule has 0 fully saturated rings. The molecular weight excluding hydrogens is 328 g/mol. The second kappa shape index (κ2) is 7.12. The van der Waals surface area contributed by atoms with E-state index >= 15 is 0 Å². The van der Waals surface area contributed by atoms with Crippen molar-refractivity contribution in [1.29, 1.82) is 0 Å². The van der Waals surface area contributed by atoms with Crippen LogP contribution in [0, 0.1) is 5.92 Å². The van der Waals surface area contributed by atoms with E-state index in [1.165, 1.54) is 34.4 Å². The summed E-state index contributed by atoms with van der Waals surface area (Å²) in [5.41, 5.74) is 7.73. The number of nitrogens with one attached hydrogen (secondary N) is 1. The van der Waals surface area contributed by atoms with Gasteiger partial charge in [-0.05, 0) is 68.1 Å². The summed E-state index contributed by atoms with van der Waals surface area (Å²) in [6.07, 6.45) is 7.76. The Kier molecular flexibility index (Phi) is 4.71. The zero-order chi connectivity index (χ0) is 17.2. The molecule has 4 rings (SSSR count). The molecule has 1 amide bonds. The molecule has 25 heavy (non-hydrogen) atoms. The van der Waals surface area contributed by atoms with Gasteiger partial charge in [0, 0.05) is 10.4 Å². The molecule has 0 bridgehead atoms. The van der Waals surface area contributed by atoms with E-state index in [2.05, 4.69) is 47.8 Å². The number of benzene rings is 1. The van der Waals surface area contributed by atoms with Crippen LogP contribution < -0.4 is 5.43 Å². The summed E-state index contributed by atoms with van der Waals surface area (Å²) in [6, 6.07) is 10.5. The Morgan fingerprint density at radius 2 is 2.00 bits per heavy atom. The van der Waals surface area contributed by atoms with Crippen LogP contribution >= 0.6 is 11.3 Å². The number of fused-ring (bicyclic) bond motifs is 2. The molecule has 0 saturated carbocycles. The molecule has 4 heteroatoms. The molecule has 1 N–H and O–H groups in total. The number of hydrogen-bond acceptors (Lipinski definition) is 3. The zero-order valence-corrected chi connectivity index (χ0v) is 15.5. The number of amides is 1. The van der Waals surface area contributed by atoms with Crippen LogP contribution in [0.5, 0.6) is 0 Å². The van der Waals surface area contributed by atoms with Crippen molar-refractivity contribution in [3.8, 4) is 0 Å². The van der Waals surface area contributed by atoms with Crippen LogP contribution in [-0.2, 0) is 19.3 Å². The monoisotopic (exact) mass is 352 g/mol. The maximum absolute atomic E-state index is 12.6. The third-order valence-electron chi connectivity index (χ3n) is 5.28. The maximum atomic E-state index is 12.6. The first-order chi connectivity index (χ1) is 12.2. The zero-order valence-electron chi connectivity index (χ0n) is 14.7. The highest BCUT2D eigenvalue weighted by Gasteiger charge is 2.21. The maximum Gasteiger partial charge on any atom is 0.281 e. The summed E-state index contributed by atoms with van der Waals surface area (Å²) in [4.78, 5) is 14.8. The van der Waals surface area contributed by atoms with E-state index in [1.54, 1.807) is 11.3 Å². The average Bonchev–Trinajstić information content (AvgIpc) is 2.93. The first-order valence-electron chi connectivity index (χ1n) is 9.27.